The molecular formula is C22H27NO4. The third kappa shape index (κ3) is 6.06. The van der Waals surface area contributed by atoms with E-state index in [-0.39, 0.29) is 5.91 Å². The van der Waals surface area contributed by atoms with Gasteiger partial charge in [-0.05, 0) is 48.7 Å². The van der Waals surface area contributed by atoms with E-state index in [1.54, 1.807) is 19.2 Å². The van der Waals surface area contributed by atoms with Gasteiger partial charge < -0.3 is 19.5 Å². The molecule has 0 saturated carbocycles. The largest absolute Gasteiger partial charge is 0.493 e. The van der Waals surface area contributed by atoms with E-state index < -0.39 is 0 Å². The zero-order valence-corrected chi connectivity index (χ0v) is 16.2. The minimum Gasteiger partial charge on any atom is -0.493 e. The number of benzene rings is 2. The molecule has 0 unspecified atom stereocenters. The summed E-state index contributed by atoms with van der Waals surface area (Å²) < 4.78 is 16.7. The van der Waals surface area contributed by atoms with Gasteiger partial charge in [-0.2, -0.15) is 0 Å². The number of rotatable bonds is 10. The Hall–Kier alpha value is -2.95. The summed E-state index contributed by atoms with van der Waals surface area (Å²) in [6.45, 7) is 9.12. The van der Waals surface area contributed by atoms with Crippen LogP contribution in [0.1, 0.15) is 36.2 Å². The van der Waals surface area contributed by atoms with Gasteiger partial charge in [0.1, 0.15) is 12.4 Å². The molecule has 0 aliphatic carbocycles. The van der Waals surface area contributed by atoms with Crippen molar-refractivity contribution in [2.24, 2.45) is 0 Å². The topological polar surface area (TPSA) is 56.8 Å². The van der Waals surface area contributed by atoms with Gasteiger partial charge >= 0.3 is 0 Å². The molecule has 0 saturated heterocycles. The van der Waals surface area contributed by atoms with Crippen molar-refractivity contribution >= 4 is 5.91 Å². The van der Waals surface area contributed by atoms with Crippen LogP contribution < -0.4 is 19.5 Å². The summed E-state index contributed by atoms with van der Waals surface area (Å²) in [7, 11) is 1.60. The van der Waals surface area contributed by atoms with Gasteiger partial charge in [-0.1, -0.05) is 31.7 Å². The molecule has 27 heavy (non-hydrogen) atoms. The van der Waals surface area contributed by atoms with E-state index in [1.165, 1.54) is 0 Å². The summed E-state index contributed by atoms with van der Waals surface area (Å²) in [6.07, 6.45) is 0.924. The van der Waals surface area contributed by atoms with Gasteiger partial charge in [0.05, 0.1) is 19.3 Å². The Labute approximate surface area is 161 Å². The molecule has 0 bridgehead atoms. The summed E-state index contributed by atoms with van der Waals surface area (Å²) >= 11 is 0. The first-order chi connectivity index (χ1) is 13.0. The fraction of sp³-hybridized carbons (Fsp3) is 0.318. The third-order valence-electron chi connectivity index (χ3n) is 3.75. The molecule has 0 heterocycles. The molecular weight excluding hydrogens is 342 g/mol. The van der Waals surface area contributed by atoms with E-state index in [0.717, 1.165) is 17.6 Å². The Bertz CT molecular complexity index is 786. The first-order valence-electron chi connectivity index (χ1n) is 8.99. The Kier molecular flexibility index (Phi) is 7.74. The molecule has 1 amide bonds. The van der Waals surface area contributed by atoms with Crippen LogP contribution in [0.25, 0.3) is 0 Å². The minimum absolute atomic E-state index is 0.197. The summed E-state index contributed by atoms with van der Waals surface area (Å²) in [4.78, 5) is 12.6. The number of hydrogen-bond donors (Lipinski definition) is 1. The zero-order chi connectivity index (χ0) is 19.6. The van der Waals surface area contributed by atoms with Crippen LogP contribution >= 0.6 is 0 Å². The van der Waals surface area contributed by atoms with Crippen LogP contribution in [0.15, 0.2) is 54.6 Å². The van der Waals surface area contributed by atoms with E-state index in [1.807, 2.05) is 44.2 Å². The van der Waals surface area contributed by atoms with Crippen molar-refractivity contribution in [3.63, 3.8) is 0 Å². The summed E-state index contributed by atoms with van der Waals surface area (Å²) in [5.74, 6) is 1.70. The van der Waals surface area contributed by atoms with Crippen LogP contribution in [0.4, 0.5) is 0 Å². The number of para-hydroxylation sites is 1. The SMILES string of the molecule is C=C(C)COc1ccccc1C(=O)NCc1ccc(OCCC)c(OC)c1. The van der Waals surface area contributed by atoms with E-state index in [9.17, 15) is 4.79 Å². The number of carbonyl (C=O) groups is 1. The molecule has 144 valence electrons. The van der Waals surface area contributed by atoms with Gasteiger partial charge in [0.2, 0.25) is 0 Å². The Morgan fingerprint density at radius 1 is 1.07 bits per heavy atom. The second-order valence-corrected chi connectivity index (χ2v) is 6.26. The Balaban J connectivity index is 2.04. The number of nitrogens with one attached hydrogen (secondary N) is 1. The molecule has 2 aromatic carbocycles. The highest BCUT2D eigenvalue weighted by Gasteiger charge is 2.13. The third-order valence-corrected chi connectivity index (χ3v) is 3.75. The van der Waals surface area contributed by atoms with Crippen LogP contribution in [-0.2, 0) is 6.54 Å². The van der Waals surface area contributed by atoms with Gasteiger partial charge in [0.25, 0.3) is 5.91 Å². The summed E-state index contributed by atoms with van der Waals surface area (Å²) in [6, 6.07) is 12.8. The molecule has 0 spiro atoms. The lowest BCUT2D eigenvalue weighted by Crippen LogP contribution is -2.23. The van der Waals surface area contributed by atoms with Gasteiger partial charge in [-0.25, -0.2) is 0 Å². The predicted molar refractivity (Wildman–Crippen MR) is 107 cm³/mol. The highest BCUT2D eigenvalue weighted by Crippen LogP contribution is 2.28. The maximum atomic E-state index is 12.6. The molecule has 0 fully saturated rings. The monoisotopic (exact) mass is 369 g/mol. The number of amides is 1. The Morgan fingerprint density at radius 3 is 2.56 bits per heavy atom. The second kappa shape index (κ2) is 10.3. The van der Waals surface area contributed by atoms with Crippen LogP contribution in [0.2, 0.25) is 0 Å². The normalized spacial score (nSPS) is 10.2. The number of methoxy groups -OCH3 is 1. The van der Waals surface area contributed by atoms with Gasteiger partial charge in [-0.15, -0.1) is 0 Å². The van der Waals surface area contributed by atoms with Crippen molar-refractivity contribution in [1.82, 2.24) is 5.32 Å². The maximum absolute atomic E-state index is 12.6. The molecule has 2 rings (SSSR count). The van der Waals surface area contributed by atoms with Crippen molar-refractivity contribution in [1.29, 1.82) is 0 Å². The molecule has 0 radical (unpaired) electrons. The number of ether oxygens (including phenoxy) is 3. The van der Waals surface area contributed by atoms with Gasteiger partial charge in [-0.3, -0.25) is 4.79 Å². The zero-order valence-electron chi connectivity index (χ0n) is 16.2. The van der Waals surface area contributed by atoms with Crippen LogP contribution in [-0.4, -0.2) is 26.2 Å². The van der Waals surface area contributed by atoms with Crippen LogP contribution in [0.5, 0.6) is 17.2 Å². The van der Waals surface area contributed by atoms with Crippen molar-refractivity contribution in [2.75, 3.05) is 20.3 Å². The van der Waals surface area contributed by atoms with Crippen molar-refractivity contribution in [2.45, 2.75) is 26.8 Å². The van der Waals surface area contributed by atoms with Crippen molar-refractivity contribution in [3.05, 3.63) is 65.7 Å². The van der Waals surface area contributed by atoms with Gasteiger partial charge in [0, 0.05) is 6.54 Å². The van der Waals surface area contributed by atoms with Gasteiger partial charge in [0.15, 0.2) is 11.5 Å². The lowest BCUT2D eigenvalue weighted by atomic mass is 10.1. The average Bonchev–Trinajstić information content (AvgIpc) is 2.69. The smallest absolute Gasteiger partial charge is 0.255 e. The lowest BCUT2D eigenvalue weighted by molar-refractivity contribution is 0.0947. The number of hydrogen-bond acceptors (Lipinski definition) is 4. The molecule has 5 nitrogen and oxygen atoms in total. The number of carbonyl (C=O) groups excluding carboxylic acids is 1. The molecule has 0 aliphatic rings. The molecule has 5 heteroatoms. The maximum Gasteiger partial charge on any atom is 0.255 e. The van der Waals surface area contributed by atoms with E-state index >= 15 is 0 Å². The molecule has 0 aliphatic heterocycles. The molecule has 1 N–H and O–H groups in total. The van der Waals surface area contributed by atoms with E-state index in [0.29, 0.717) is 42.6 Å². The fourth-order valence-corrected chi connectivity index (χ4v) is 2.41. The average molecular weight is 369 g/mol. The molecule has 2 aromatic rings. The minimum atomic E-state index is -0.197. The highest BCUT2D eigenvalue weighted by atomic mass is 16.5. The first-order valence-corrected chi connectivity index (χ1v) is 8.99. The van der Waals surface area contributed by atoms with E-state index in [4.69, 9.17) is 14.2 Å². The Morgan fingerprint density at radius 2 is 1.85 bits per heavy atom. The quantitative estimate of drug-likeness (QED) is 0.632. The highest BCUT2D eigenvalue weighted by molar-refractivity contribution is 5.96. The van der Waals surface area contributed by atoms with Crippen molar-refractivity contribution in [3.8, 4) is 17.2 Å². The predicted octanol–water partition coefficient (Wildman–Crippen LogP) is 4.37. The first kappa shape index (κ1) is 20.4. The van der Waals surface area contributed by atoms with Crippen LogP contribution in [0.3, 0.4) is 0 Å². The van der Waals surface area contributed by atoms with E-state index in [2.05, 4.69) is 11.9 Å². The summed E-state index contributed by atoms with van der Waals surface area (Å²) in [5, 5.41) is 2.92. The second-order valence-electron chi connectivity index (χ2n) is 6.26. The molecule has 0 atom stereocenters. The van der Waals surface area contributed by atoms with Crippen molar-refractivity contribution < 1.29 is 19.0 Å². The lowest BCUT2D eigenvalue weighted by Gasteiger charge is -2.13. The standard InChI is InChI=1S/C22H27NO4/c1-5-12-26-20-11-10-17(13-21(20)25-4)14-23-22(24)18-8-6-7-9-19(18)27-15-16(2)3/h6-11,13H,2,5,12,14-15H2,1,3-4H3,(H,23,24). The fourth-order valence-electron chi connectivity index (χ4n) is 2.41. The summed E-state index contributed by atoms with van der Waals surface area (Å²) in [5.41, 5.74) is 2.31. The van der Waals surface area contributed by atoms with Crippen LogP contribution in [0, 0.1) is 0 Å². The molecule has 0 aromatic heterocycles.